The molecule has 6 heteroatoms. The SMILES string of the molecule is COc1ccc(OC)c(CN2CCN(C3CCN(C(C)C)CC3)[C@@H](CCO)C2)c1. The first-order valence-corrected chi connectivity index (χ1v) is 11.1. The number of piperidine rings is 1. The number of hydrogen-bond donors (Lipinski definition) is 1. The molecule has 2 aliphatic heterocycles. The fourth-order valence-electron chi connectivity index (χ4n) is 4.94. The fraction of sp³-hybridized carbons (Fsp3) is 0.739. The Hall–Kier alpha value is -1.34. The maximum atomic E-state index is 9.69. The molecule has 164 valence electrons. The van der Waals surface area contributed by atoms with Gasteiger partial charge in [0, 0.05) is 56.5 Å². The lowest BCUT2D eigenvalue weighted by Gasteiger charge is -2.48. The zero-order valence-electron chi connectivity index (χ0n) is 18.6. The Labute approximate surface area is 176 Å². The number of aliphatic hydroxyl groups excluding tert-OH is 1. The highest BCUT2D eigenvalue weighted by Gasteiger charge is 2.34. The number of methoxy groups -OCH3 is 2. The van der Waals surface area contributed by atoms with Crippen molar-refractivity contribution < 1.29 is 14.6 Å². The molecule has 29 heavy (non-hydrogen) atoms. The van der Waals surface area contributed by atoms with Crippen LogP contribution < -0.4 is 9.47 Å². The molecule has 1 aromatic carbocycles. The topological polar surface area (TPSA) is 48.4 Å². The molecule has 2 aliphatic rings. The van der Waals surface area contributed by atoms with E-state index in [1.54, 1.807) is 14.2 Å². The normalized spacial score (nSPS) is 22.9. The smallest absolute Gasteiger partial charge is 0.123 e. The van der Waals surface area contributed by atoms with E-state index in [0.717, 1.165) is 49.7 Å². The number of rotatable bonds is 8. The van der Waals surface area contributed by atoms with Crippen molar-refractivity contribution in [2.75, 3.05) is 53.6 Å². The molecule has 0 saturated carbocycles. The number of ether oxygens (including phenoxy) is 2. The molecule has 2 heterocycles. The van der Waals surface area contributed by atoms with E-state index in [1.807, 2.05) is 12.1 Å². The van der Waals surface area contributed by atoms with Crippen LogP contribution in [0.5, 0.6) is 11.5 Å². The summed E-state index contributed by atoms with van der Waals surface area (Å²) in [6.45, 7) is 11.2. The number of aliphatic hydroxyl groups is 1. The highest BCUT2D eigenvalue weighted by Crippen LogP contribution is 2.28. The summed E-state index contributed by atoms with van der Waals surface area (Å²) in [7, 11) is 3.42. The van der Waals surface area contributed by atoms with Crippen LogP contribution in [0.2, 0.25) is 0 Å². The molecule has 1 N–H and O–H groups in total. The molecule has 0 bridgehead atoms. The molecule has 2 fully saturated rings. The van der Waals surface area contributed by atoms with E-state index in [4.69, 9.17) is 9.47 Å². The average molecular weight is 406 g/mol. The van der Waals surface area contributed by atoms with Crippen molar-refractivity contribution in [3.05, 3.63) is 23.8 Å². The molecule has 6 nitrogen and oxygen atoms in total. The Bertz CT molecular complexity index is 632. The Morgan fingerprint density at radius 3 is 2.45 bits per heavy atom. The first-order chi connectivity index (χ1) is 14.0. The van der Waals surface area contributed by atoms with E-state index in [0.29, 0.717) is 18.1 Å². The summed E-state index contributed by atoms with van der Waals surface area (Å²) in [4.78, 5) is 7.77. The first kappa shape index (κ1) is 22.3. The van der Waals surface area contributed by atoms with Gasteiger partial charge in [0.15, 0.2) is 0 Å². The predicted molar refractivity (Wildman–Crippen MR) is 117 cm³/mol. The van der Waals surface area contributed by atoms with Crippen molar-refractivity contribution in [1.29, 1.82) is 0 Å². The Morgan fingerprint density at radius 1 is 1.07 bits per heavy atom. The van der Waals surface area contributed by atoms with Gasteiger partial charge >= 0.3 is 0 Å². The quantitative estimate of drug-likeness (QED) is 0.717. The number of piperazine rings is 1. The summed E-state index contributed by atoms with van der Waals surface area (Å²) in [5.41, 5.74) is 1.16. The molecule has 0 spiro atoms. The van der Waals surface area contributed by atoms with E-state index >= 15 is 0 Å². The van der Waals surface area contributed by atoms with Crippen LogP contribution >= 0.6 is 0 Å². The number of likely N-dealkylation sites (tertiary alicyclic amines) is 1. The Kier molecular flexibility index (Phi) is 8.18. The summed E-state index contributed by atoms with van der Waals surface area (Å²) < 4.78 is 11.0. The highest BCUT2D eigenvalue weighted by atomic mass is 16.5. The fourth-order valence-corrected chi connectivity index (χ4v) is 4.94. The van der Waals surface area contributed by atoms with Crippen molar-refractivity contribution in [3.63, 3.8) is 0 Å². The van der Waals surface area contributed by atoms with E-state index in [1.165, 1.54) is 25.9 Å². The molecule has 2 saturated heterocycles. The van der Waals surface area contributed by atoms with Crippen LogP contribution in [-0.4, -0.2) is 91.5 Å². The van der Waals surface area contributed by atoms with Gasteiger partial charge in [-0.2, -0.15) is 0 Å². The van der Waals surface area contributed by atoms with Crippen molar-refractivity contribution in [3.8, 4) is 11.5 Å². The second-order valence-corrected chi connectivity index (χ2v) is 8.68. The summed E-state index contributed by atoms with van der Waals surface area (Å²) in [5, 5.41) is 9.69. The van der Waals surface area contributed by atoms with Gasteiger partial charge in [0.05, 0.1) is 14.2 Å². The maximum absolute atomic E-state index is 9.69. The van der Waals surface area contributed by atoms with Crippen LogP contribution in [0, 0.1) is 0 Å². The van der Waals surface area contributed by atoms with E-state index in [2.05, 4.69) is 34.6 Å². The van der Waals surface area contributed by atoms with Gasteiger partial charge in [0.1, 0.15) is 11.5 Å². The highest BCUT2D eigenvalue weighted by molar-refractivity contribution is 5.40. The van der Waals surface area contributed by atoms with Gasteiger partial charge in [-0.1, -0.05) is 0 Å². The van der Waals surface area contributed by atoms with Gasteiger partial charge in [-0.15, -0.1) is 0 Å². The van der Waals surface area contributed by atoms with Gasteiger partial charge in [0.25, 0.3) is 0 Å². The van der Waals surface area contributed by atoms with Crippen LogP contribution in [-0.2, 0) is 6.54 Å². The van der Waals surface area contributed by atoms with E-state index in [9.17, 15) is 5.11 Å². The molecule has 1 atom stereocenters. The molecule has 3 rings (SSSR count). The minimum Gasteiger partial charge on any atom is -0.497 e. The molecule has 0 radical (unpaired) electrons. The Balaban J connectivity index is 1.63. The zero-order chi connectivity index (χ0) is 20.8. The second kappa shape index (κ2) is 10.6. The van der Waals surface area contributed by atoms with Gasteiger partial charge in [-0.05, 0) is 64.4 Å². The number of benzene rings is 1. The first-order valence-electron chi connectivity index (χ1n) is 11.1. The van der Waals surface area contributed by atoms with Crippen molar-refractivity contribution in [2.24, 2.45) is 0 Å². The van der Waals surface area contributed by atoms with Gasteiger partial charge in [-0.25, -0.2) is 0 Å². The third-order valence-electron chi connectivity index (χ3n) is 6.65. The third kappa shape index (κ3) is 5.63. The molecule has 0 aromatic heterocycles. The summed E-state index contributed by atoms with van der Waals surface area (Å²) in [6.07, 6.45) is 3.32. The summed E-state index contributed by atoms with van der Waals surface area (Å²) >= 11 is 0. The van der Waals surface area contributed by atoms with Crippen LogP contribution in [0.25, 0.3) is 0 Å². The minimum atomic E-state index is 0.252. The van der Waals surface area contributed by atoms with Crippen LogP contribution in [0.1, 0.15) is 38.7 Å². The van der Waals surface area contributed by atoms with Crippen molar-refractivity contribution in [2.45, 2.75) is 57.8 Å². The van der Waals surface area contributed by atoms with Crippen LogP contribution in [0.15, 0.2) is 18.2 Å². The van der Waals surface area contributed by atoms with Crippen LogP contribution in [0.4, 0.5) is 0 Å². The van der Waals surface area contributed by atoms with Gasteiger partial charge in [0.2, 0.25) is 0 Å². The molecule has 0 aliphatic carbocycles. The van der Waals surface area contributed by atoms with Crippen LogP contribution in [0.3, 0.4) is 0 Å². The molecular formula is C23H39N3O3. The van der Waals surface area contributed by atoms with Gasteiger partial charge < -0.3 is 19.5 Å². The standard InChI is InChI=1S/C23H39N3O3/c1-18(2)25-10-7-20(8-11-25)26-13-12-24(17-21(26)9-14-27)16-19-15-22(28-3)5-6-23(19)29-4/h5-6,15,18,20-21,27H,7-14,16-17H2,1-4H3/t21-/m0/s1. The number of nitrogens with zero attached hydrogens (tertiary/aromatic N) is 3. The number of hydrogen-bond acceptors (Lipinski definition) is 6. The van der Waals surface area contributed by atoms with Crippen molar-refractivity contribution >= 4 is 0 Å². The maximum Gasteiger partial charge on any atom is 0.123 e. The van der Waals surface area contributed by atoms with Gasteiger partial charge in [-0.3, -0.25) is 9.80 Å². The zero-order valence-corrected chi connectivity index (χ0v) is 18.6. The summed E-state index contributed by atoms with van der Waals surface area (Å²) in [6, 6.07) is 7.71. The molecule has 1 aromatic rings. The molecule has 0 amide bonds. The largest absolute Gasteiger partial charge is 0.497 e. The van der Waals surface area contributed by atoms with E-state index < -0.39 is 0 Å². The monoisotopic (exact) mass is 405 g/mol. The third-order valence-corrected chi connectivity index (χ3v) is 6.65. The average Bonchev–Trinajstić information content (AvgIpc) is 2.74. The molecular weight excluding hydrogens is 366 g/mol. The van der Waals surface area contributed by atoms with E-state index in [-0.39, 0.29) is 6.61 Å². The second-order valence-electron chi connectivity index (χ2n) is 8.68. The Morgan fingerprint density at radius 2 is 1.83 bits per heavy atom. The van der Waals surface area contributed by atoms with Crippen molar-refractivity contribution in [1.82, 2.24) is 14.7 Å². The minimum absolute atomic E-state index is 0.252. The predicted octanol–water partition coefficient (Wildman–Crippen LogP) is 2.45. The molecule has 0 unspecified atom stereocenters. The lowest BCUT2D eigenvalue weighted by molar-refractivity contribution is -0.000202. The lowest BCUT2D eigenvalue weighted by Crippen LogP contribution is -2.58. The lowest BCUT2D eigenvalue weighted by atomic mass is 9.97. The summed E-state index contributed by atoms with van der Waals surface area (Å²) in [5.74, 6) is 1.77.